The quantitative estimate of drug-likeness (QED) is 0.811. The monoisotopic (exact) mass is 235 g/mol. The highest BCUT2D eigenvalue weighted by atomic mass is 16.3. The molecule has 2 rings (SSSR count). The van der Waals surface area contributed by atoms with E-state index in [-0.39, 0.29) is 12.1 Å². The Morgan fingerprint density at radius 3 is 3.00 bits per heavy atom. The van der Waals surface area contributed by atoms with Crippen LogP contribution in [0.2, 0.25) is 0 Å². The van der Waals surface area contributed by atoms with Gasteiger partial charge in [-0.05, 0) is 37.0 Å². The summed E-state index contributed by atoms with van der Waals surface area (Å²) in [6.45, 7) is 5.67. The average Bonchev–Trinajstić information content (AvgIpc) is 2.33. The number of piperidine rings is 1. The molecule has 1 aromatic heterocycles. The third-order valence-electron chi connectivity index (χ3n) is 3.54. The Morgan fingerprint density at radius 2 is 2.35 bits per heavy atom. The average molecular weight is 235 g/mol. The fraction of sp³-hybridized carbons (Fsp3) is 0.615. The molecule has 3 atom stereocenters. The van der Waals surface area contributed by atoms with Crippen LogP contribution in [0.15, 0.2) is 18.3 Å². The number of aromatic nitrogens is 1. The van der Waals surface area contributed by atoms with Crippen molar-refractivity contribution in [3.63, 3.8) is 0 Å². The first-order valence-electron chi connectivity index (χ1n) is 6.22. The Bertz CT molecular complexity index is 381. The van der Waals surface area contributed by atoms with Gasteiger partial charge in [-0.15, -0.1) is 0 Å². The number of aliphatic hydroxyl groups is 1. The van der Waals surface area contributed by atoms with Gasteiger partial charge < -0.3 is 15.7 Å². The standard InChI is InChI=1S/C13H21N3O/c1-9-4-6-16(8-12(9)17)13-7-11(10(2)14)3-5-15-13/h3,5,7,9-10,12,17H,4,6,8,14H2,1-2H3/t9?,10-,12?/m0/s1. The number of nitrogens with zero attached hydrogens (tertiary/aromatic N) is 2. The van der Waals surface area contributed by atoms with Gasteiger partial charge in [-0.1, -0.05) is 6.92 Å². The maximum Gasteiger partial charge on any atom is 0.128 e. The van der Waals surface area contributed by atoms with E-state index in [1.54, 1.807) is 6.20 Å². The molecule has 1 aromatic rings. The van der Waals surface area contributed by atoms with Gasteiger partial charge in [0.25, 0.3) is 0 Å². The molecule has 0 saturated carbocycles. The van der Waals surface area contributed by atoms with Crippen LogP contribution in [0.1, 0.15) is 31.9 Å². The van der Waals surface area contributed by atoms with Crippen molar-refractivity contribution >= 4 is 5.82 Å². The van der Waals surface area contributed by atoms with Crippen molar-refractivity contribution in [2.45, 2.75) is 32.4 Å². The minimum absolute atomic E-state index is 0.0189. The van der Waals surface area contributed by atoms with E-state index in [9.17, 15) is 5.11 Å². The molecule has 94 valence electrons. The summed E-state index contributed by atoms with van der Waals surface area (Å²) < 4.78 is 0. The van der Waals surface area contributed by atoms with Crippen LogP contribution in [0.3, 0.4) is 0 Å². The molecule has 1 aliphatic heterocycles. The fourth-order valence-electron chi connectivity index (χ4n) is 2.15. The summed E-state index contributed by atoms with van der Waals surface area (Å²) >= 11 is 0. The third kappa shape index (κ3) is 2.76. The minimum Gasteiger partial charge on any atom is -0.391 e. The Kier molecular flexibility index (Phi) is 3.64. The second kappa shape index (κ2) is 5.02. The lowest BCUT2D eigenvalue weighted by molar-refractivity contribution is 0.102. The lowest BCUT2D eigenvalue weighted by Crippen LogP contribution is -2.43. The number of anilines is 1. The van der Waals surface area contributed by atoms with E-state index in [1.165, 1.54) is 0 Å². The van der Waals surface area contributed by atoms with Crippen molar-refractivity contribution in [2.75, 3.05) is 18.0 Å². The summed E-state index contributed by atoms with van der Waals surface area (Å²) in [5.74, 6) is 1.30. The zero-order valence-electron chi connectivity index (χ0n) is 10.5. The summed E-state index contributed by atoms with van der Waals surface area (Å²) in [6, 6.07) is 3.98. The van der Waals surface area contributed by atoms with E-state index in [1.807, 2.05) is 19.1 Å². The lowest BCUT2D eigenvalue weighted by atomic mass is 9.96. The molecule has 0 bridgehead atoms. The van der Waals surface area contributed by atoms with Crippen LogP contribution in [0.4, 0.5) is 5.82 Å². The molecule has 4 heteroatoms. The summed E-state index contributed by atoms with van der Waals surface area (Å²) in [7, 11) is 0. The summed E-state index contributed by atoms with van der Waals surface area (Å²) in [4.78, 5) is 6.50. The van der Waals surface area contributed by atoms with Crippen molar-refractivity contribution in [1.29, 1.82) is 0 Å². The van der Waals surface area contributed by atoms with Crippen LogP contribution < -0.4 is 10.6 Å². The molecular weight excluding hydrogens is 214 g/mol. The van der Waals surface area contributed by atoms with E-state index in [4.69, 9.17) is 5.73 Å². The summed E-state index contributed by atoms with van der Waals surface area (Å²) in [5, 5.41) is 9.89. The first-order valence-corrected chi connectivity index (χ1v) is 6.22. The van der Waals surface area contributed by atoms with Crippen LogP contribution in [0.25, 0.3) is 0 Å². The van der Waals surface area contributed by atoms with Crippen LogP contribution >= 0.6 is 0 Å². The second-order valence-electron chi connectivity index (χ2n) is 5.02. The van der Waals surface area contributed by atoms with Crippen molar-refractivity contribution in [2.24, 2.45) is 11.7 Å². The largest absolute Gasteiger partial charge is 0.391 e. The highest BCUT2D eigenvalue weighted by Gasteiger charge is 2.25. The smallest absolute Gasteiger partial charge is 0.128 e. The number of β-amino-alcohol motifs (C(OH)–C–C–N with tert-alkyl or cyclic N) is 1. The Morgan fingerprint density at radius 1 is 1.59 bits per heavy atom. The van der Waals surface area contributed by atoms with Gasteiger partial charge in [0.05, 0.1) is 6.10 Å². The van der Waals surface area contributed by atoms with Crippen LogP contribution in [-0.4, -0.2) is 29.3 Å². The van der Waals surface area contributed by atoms with E-state index in [0.29, 0.717) is 12.5 Å². The molecule has 0 aliphatic carbocycles. The molecule has 3 N–H and O–H groups in total. The number of pyridine rings is 1. The fourth-order valence-corrected chi connectivity index (χ4v) is 2.15. The molecule has 1 fully saturated rings. The highest BCUT2D eigenvalue weighted by molar-refractivity contribution is 5.42. The maximum absolute atomic E-state index is 9.89. The number of rotatable bonds is 2. The van der Waals surface area contributed by atoms with E-state index in [2.05, 4.69) is 16.8 Å². The topological polar surface area (TPSA) is 62.4 Å². The molecule has 0 spiro atoms. The zero-order valence-corrected chi connectivity index (χ0v) is 10.5. The van der Waals surface area contributed by atoms with E-state index in [0.717, 1.165) is 24.3 Å². The number of nitrogens with two attached hydrogens (primary N) is 1. The molecule has 17 heavy (non-hydrogen) atoms. The number of hydrogen-bond donors (Lipinski definition) is 2. The molecule has 1 aliphatic rings. The summed E-state index contributed by atoms with van der Waals surface area (Å²) in [6.07, 6.45) is 2.54. The molecule has 0 amide bonds. The molecular formula is C13H21N3O. The van der Waals surface area contributed by atoms with Gasteiger partial charge in [-0.25, -0.2) is 4.98 Å². The second-order valence-corrected chi connectivity index (χ2v) is 5.02. The molecule has 1 saturated heterocycles. The van der Waals surface area contributed by atoms with Crippen LogP contribution in [-0.2, 0) is 0 Å². The van der Waals surface area contributed by atoms with Crippen molar-refractivity contribution < 1.29 is 5.11 Å². The van der Waals surface area contributed by atoms with Gasteiger partial charge in [0.15, 0.2) is 0 Å². The molecule has 0 radical (unpaired) electrons. The van der Waals surface area contributed by atoms with Crippen molar-refractivity contribution in [3.8, 4) is 0 Å². The van der Waals surface area contributed by atoms with Crippen molar-refractivity contribution in [1.82, 2.24) is 4.98 Å². The normalized spacial score (nSPS) is 26.9. The van der Waals surface area contributed by atoms with Gasteiger partial charge in [-0.2, -0.15) is 0 Å². The van der Waals surface area contributed by atoms with Crippen LogP contribution in [0, 0.1) is 5.92 Å². The lowest BCUT2D eigenvalue weighted by Gasteiger charge is -2.35. The number of hydrogen-bond acceptors (Lipinski definition) is 4. The van der Waals surface area contributed by atoms with Gasteiger partial charge in [-0.3, -0.25) is 0 Å². The van der Waals surface area contributed by atoms with Gasteiger partial charge in [0, 0.05) is 25.3 Å². The van der Waals surface area contributed by atoms with Gasteiger partial charge in [0.2, 0.25) is 0 Å². The summed E-state index contributed by atoms with van der Waals surface area (Å²) in [5.41, 5.74) is 6.95. The predicted octanol–water partition coefficient (Wildman–Crippen LogP) is 1.31. The zero-order chi connectivity index (χ0) is 12.4. The Labute approximate surface area is 102 Å². The van der Waals surface area contributed by atoms with Gasteiger partial charge in [0.1, 0.15) is 5.82 Å². The van der Waals surface area contributed by atoms with E-state index >= 15 is 0 Å². The predicted molar refractivity (Wildman–Crippen MR) is 68.8 cm³/mol. The maximum atomic E-state index is 9.89. The molecule has 4 nitrogen and oxygen atoms in total. The first kappa shape index (κ1) is 12.3. The van der Waals surface area contributed by atoms with Crippen molar-refractivity contribution in [3.05, 3.63) is 23.9 Å². The van der Waals surface area contributed by atoms with Gasteiger partial charge >= 0.3 is 0 Å². The molecule has 2 unspecified atom stereocenters. The SMILES string of the molecule is CC1CCN(c2cc([C@H](C)N)ccn2)CC1O. The minimum atomic E-state index is -0.260. The molecule has 2 heterocycles. The third-order valence-corrected chi connectivity index (χ3v) is 3.54. The van der Waals surface area contributed by atoms with Crippen LogP contribution in [0.5, 0.6) is 0 Å². The highest BCUT2D eigenvalue weighted by Crippen LogP contribution is 2.23. The Hall–Kier alpha value is -1.13. The Balaban J connectivity index is 2.14. The van der Waals surface area contributed by atoms with E-state index < -0.39 is 0 Å². The first-order chi connectivity index (χ1) is 8.08. The number of aliphatic hydroxyl groups excluding tert-OH is 1. The molecule has 0 aromatic carbocycles.